The highest BCUT2D eigenvalue weighted by Crippen LogP contribution is 2.36. The van der Waals surface area contributed by atoms with Gasteiger partial charge in [-0.2, -0.15) is 0 Å². The van der Waals surface area contributed by atoms with Crippen molar-refractivity contribution in [3.8, 4) is 0 Å². The highest BCUT2D eigenvalue weighted by Gasteiger charge is 2.39. The third-order valence-electron chi connectivity index (χ3n) is 4.23. The van der Waals surface area contributed by atoms with Crippen molar-refractivity contribution in [3.05, 3.63) is 35.4 Å². The van der Waals surface area contributed by atoms with E-state index in [9.17, 15) is 0 Å². The Kier molecular flexibility index (Phi) is 3.85. The van der Waals surface area contributed by atoms with Gasteiger partial charge in [-0.1, -0.05) is 37.1 Å². The van der Waals surface area contributed by atoms with E-state index in [0.29, 0.717) is 0 Å². The molecule has 94 valence electrons. The number of methoxy groups -OCH3 is 1. The van der Waals surface area contributed by atoms with Gasteiger partial charge in [0.05, 0.1) is 5.60 Å². The monoisotopic (exact) mass is 233 g/mol. The van der Waals surface area contributed by atoms with Crippen molar-refractivity contribution in [2.75, 3.05) is 7.11 Å². The molecule has 0 aromatic heterocycles. The second-order valence-corrected chi connectivity index (χ2v) is 5.21. The first kappa shape index (κ1) is 12.6. The van der Waals surface area contributed by atoms with Crippen molar-refractivity contribution in [2.24, 2.45) is 5.73 Å². The second-order valence-electron chi connectivity index (χ2n) is 5.21. The number of ether oxygens (including phenoxy) is 1. The Balaban J connectivity index is 2.10. The molecule has 0 aliphatic heterocycles. The summed E-state index contributed by atoms with van der Waals surface area (Å²) in [5, 5.41) is 0. The van der Waals surface area contributed by atoms with Crippen molar-refractivity contribution in [1.82, 2.24) is 0 Å². The lowest BCUT2D eigenvalue weighted by Gasteiger charge is -2.34. The van der Waals surface area contributed by atoms with E-state index in [1.54, 1.807) is 0 Å². The molecule has 1 aromatic rings. The van der Waals surface area contributed by atoms with Gasteiger partial charge in [0.15, 0.2) is 0 Å². The van der Waals surface area contributed by atoms with E-state index in [2.05, 4.69) is 31.2 Å². The maximum Gasteiger partial charge on any atom is 0.0832 e. The van der Waals surface area contributed by atoms with Crippen molar-refractivity contribution < 1.29 is 4.74 Å². The zero-order valence-corrected chi connectivity index (χ0v) is 10.9. The Labute approximate surface area is 104 Å². The number of benzene rings is 1. The molecule has 1 fully saturated rings. The normalized spacial score (nSPS) is 20.4. The molecule has 0 amide bonds. The molecule has 1 atom stereocenters. The molecule has 1 saturated carbocycles. The summed E-state index contributed by atoms with van der Waals surface area (Å²) < 4.78 is 5.75. The molecule has 2 nitrogen and oxygen atoms in total. The molecule has 2 heteroatoms. The van der Waals surface area contributed by atoms with Gasteiger partial charge in [-0.15, -0.1) is 0 Å². The summed E-state index contributed by atoms with van der Waals surface area (Å²) >= 11 is 0. The molecule has 1 aliphatic rings. The Hall–Kier alpha value is -0.860. The zero-order valence-electron chi connectivity index (χ0n) is 10.9. The van der Waals surface area contributed by atoms with Crippen LogP contribution in [0.2, 0.25) is 0 Å². The summed E-state index contributed by atoms with van der Waals surface area (Å²) in [4.78, 5) is 0. The van der Waals surface area contributed by atoms with E-state index in [1.165, 1.54) is 24.0 Å². The average molecular weight is 233 g/mol. The lowest BCUT2D eigenvalue weighted by molar-refractivity contribution is -0.0253. The molecule has 0 spiro atoms. The van der Waals surface area contributed by atoms with E-state index in [4.69, 9.17) is 10.5 Å². The summed E-state index contributed by atoms with van der Waals surface area (Å²) in [6.07, 6.45) is 5.62. The highest BCUT2D eigenvalue weighted by atomic mass is 16.5. The van der Waals surface area contributed by atoms with Crippen LogP contribution in [-0.4, -0.2) is 18.8 Å². The maximum atomic E-state index is 6.40. The Morgan fingerprint density at radius 3 is 2.53 bits per heavy atom. The first-order chi connectivity index (χ1) is 8.18. The van der Waals surface area contributed by atoms with Crippen LogP contribution in [0.15, 0.2) is 24.3 Å². The zero-order chi connectivity index (χ0) is 12.3. The van der Waals surface area contributed by atoms with Gasteiger partial charge >= 0.3 is 0 Å². The fraction of sp³-hybridized carbons (Fsp3) is 0.600. The van der Waals surface area contributed by atoms with Gasteiger partial charge in [-0.05, 0) is 37.3 Å². The third kappa shape index (κ3) is 2.53. The van der Waals surface area contributed by atoms with Gasteiger partial charge in [0.25, 0.3) is 0 Å². The van der Waals surface area contributed by atoms with Crippen molar-refractivity contribution in [1.29, 1.82) is 0 Å². The first-order valence-corrected chi connectivity index (χ1v) is 6.53. The summed E-state index contributed by atoms with van der Waals surface area (Å²) in [5.41, 5.74) is 9.00. The van der Waals surface area contributed by atoms with E-state index >= 15 is 0 Å². The van der Waals surface area contributed by atoms with Gasteiger partial charge in [0, 0.05) is 13.2 Å². The molecule has 17 heavy (non-hydrogen) atoms. The Morgan fingerprint density at radius 2 is 1.94 bits per heavy atom. The molecule has 2 N–H and O–H groups in total. The molecule has 0 radical (unpaired) electrons. The van der Waals surface area contributed by atoms with Crippen LogP contribution in [0.5, 0.6) is 0 Å². The number of hydrogen-bond donors (Lipinski definition) is 1. The minimum Gasteiger partial charge on any atom is -0.377 e. The lowest BCUT2D eigenvalue weighted by atomic mass is 9.87. The average Bonchev–Trinajstić information content (AvgIpc) is 2.82. The van der Waals surface area contributed by atoms with Crippen molar-refractivity contribution >= 4 is 0 Å². The van der Waals surface area contributed by atoms with Crippen molar-refractivity contribution in [2.45, 2.75) is 50.7 Å². The van der Waals surface area contributed by atoms with Crippen LogP contribution in [-0.2, 0) is 11.2 Å². The third-order valence-corrected chi connectivity index (χ3v) is 4.23. The van der Waals surface area contributed by atoms with Crippen LogP contribution in [0.3, 0.4) is 0 Å². The Morgan fingerprint density at radius 1 is 1.29 bits per heavy atom. The highest BCUT2D eigenvalue weighted by molar-refractivity contribution is 5.27. The topological polar surface area (TPSA) is 35.2 Å². The van der Waals surface area contributed by atoms with E-state index < -0.39 is 0 Å². The van der Waals surface area contributed by atoms with Gasteiger partial charge in [0.2, 0.25) is 0 Å². The standard InChI is InChI=1S/C15H23NO/c1-12-7-3-4-8-13(12)11-14(16)15(17-2)9-5-6-10-15/h3-4,7-8,14H,5-6,9-11,16H2,1-2H3. The first-order valence-electron chi connectivity index (χ1n) is 6.53. The van der Waals surface area contributed by atoms with E-state index in [1.807, 2.05) is 7.11 Å². The van der Waals surface area contributed by atoms with Crippen LogP contribution in [0, 0.1) is 6.92 Å². The van der Waals surface area contributed by atoms with Crippen LogP contribution in [0.1, 0.15) is 36.8 Å². The molecule has 2 rings (SSSR count). The maximum absolute atomic E-state index is 6.40. The summed E-state index contributed by atoms with van der Waals surface area (Å²) in [7, 11) is 1.81. The molecular formula is C15H23NO. The number of rotatable bonds is 4. The Bertz CT molecular complexity index is 369. The van der Waals surface area contributed by atoms with Crippen LogP contribution < -0.4 is 5.73 Å². The minimum atomic E-state index is -0.0811. The van der Waals surface area contributed by atoms with Crippen LogP contribution in [0.25, 0.3) is 0 Å². The van der Waals surface area contributed by atoms with Crippen molar-refractivity contribution in [3.63, 3.8) is 0 Å². The number of aryl methyl sites for hydroxylation is 1. The molecule has 0 bridgehead atoms. The molecule has 1 unspecified atom stereocenters. The van der Waals surface area contributed by atoms with Gasteiger partial charge in [-0.25, -0.2) is 0 Å². The predicted octanol–water partition coefficient (Wildman–Crippen LogP) is 2.82. The molecule has 0 saturated heterocycles. The predicted molar refractivity (Wildman–Crippen MR) is 71.1 cm³/mol. The minimum absolute atomic E-state index is 0.0811. The summed E-state index contributed by atoms with van der Waals surface area (Å²) in [6.45, 7) is 2.15. The summed E-state index contributed by atoms with van der Waals surface area (Å²) in [6, 6.07) is 8.59. The van der Waals surface area contributed by atoms with E-state index in [-0.39, 0.29) is 11.6 Å². The fourth-order valence-electron chi connectivity index (χ4n) is 2.96. The van der Waals surface area contributed by atoms with E-state index in [0.717, 1.165) is 19.3 Å². The number of nitrogens with two attached hydrogens (primary N) is 1. The number of hydrogen-bond acceptors (Lipinski definition) is 2. The smallest absolute Gasteiger partial charge is 0.0832 e. The quantitative estimate of drug-likeness (QED) is 0.868. The van der Waals surface area contributed by atoms with Crippen LogP contribution in [0.4, 0.5) is 0 Å². The van der Waals surface area contributed by atoms with Gasteiger partial charge < -0.3 is 10.5 Å². The largest absolute Gasteiger partial charge is 0.377 e. The molecule has 1 aliphatic carbocycles. The second kappa shape index (κ2) is 5.19. The molecular weight excluding hydrogens is 210 g/mol. The lowest BCUT2D eigenvalue weighted by Crippen LogP contribution is -2.48. The SMILES string of the molecule is COC1(C(N)Cc2ccccc2C)CCCC1. The summed E-state index contributed by atoms with van der Waals surface area (Å²) in [5.74, 6) is 0. The molecule has 0 heterocycles. The fourth-order valence-corrected chi connectivity index (χ4v) is 2.96. The van der Waals surface area contributed by atoms with Gasteiger partial charge in [-0.3, -0.25) is 0 Å². The van der Waals surface area contributed by atoms with Gasteiger partial charge in [0.1, 0.15) is 0 Å². The van der Waals surface area contributed by atoms with Crippen LogP contribution >= 0.6 is 0 Å². The molecule has 1 aromatic carbocycles.